The van der Waals surface area contributed by atoms with E-state index in [4.69, 9.17) is 4.74 Å². The van der Waals surface area contributed by atoms with E-state index in [1.165, 1.54) is 0 Å². The van der Waals surface area contributed by atoms with Crippen LogP contribution in [0.3, 0.4) is 0 Å². The van der Waals surface area contributed by atoms with Crippen LogP contribution in [0.25, 0.3) is 0 Å². The fourth-order valence-electron chi connectivity index (χ4n) is 0.458. The monoisotopic (exact) mass is 118 g/mol. The molecule has 1 aliphatic heterocycles. The van der Waals surface area contributed by atoms with Crippen LogP contribution in [0.2, 0.25) is 0 Å². The van der Waals surface area contributed by atoms with Crippen LogP contribution < -0.4 is 4.72 Å². The van der Waals surface area contributed by atoms with Gasteiger partial charge in [0.2, 0.25) is 0 Å². The predicted molar refractivity (Wildman–Crippen MR) is 30.7 cm³/mol. The molecule has 0 aromatic carbocycles. The third-order valence-electron chi connectivity index (χ3n) is 0.847. The largest absolute Gasteiger partial charge is 0.365 e. The molecule has 1 fully saturated rings. The molecule has 41 valence electrons. The van der Waals surface area contributed by atoms with Crippen molar-refractivity contribution in [1.82, 2.24) is 4.72 Å². The average molecular weight is 118 g/mol. The van der Waals surface area contributed by atoms with Crippen LogP contribution in [0.15, 0.2) is 0 Å². The second-order valence-electron chi connectivity index (χ2n) is 1.32. The molecular weight excluding hydrogens is 110 g/mol. The van der Waals surface area contributed by atoms with E-state index in [9.17, 15) is 0 Å². The van der Waals surface area contributed by atoms with Gasteiger partial charge in [-0.15, -0.1) is 0 Å². The summed E-state index contributed by atoms with van der Waals surface area (Å²) in [6, 6.07) is 0. The second-order valence-corrected chi connectivity index (χ2v) is 2.18. The summed E-state index contributed by atoms with van der Waals surface area (Å²) in [6.07, 6.45) is 2.27. The molecule has 2 nitrogen and oxygen atoms in total. The Morgan fingerprint density at radius 1 is 2.00 bits per heavy atom. The lowest BCUT2D eigenvalue weighted by atomic mass is 10.4. The number of hydrogen-bond acceptors (Lipinski definition) is 3. The maximum Gasteiger partial charge on any atom is 0.120 e. The topological polar surface area (TPSA) is 21.3 Å². The van der Waals surface area contributed by atoms with Crippen molar-refractivity contribution in [3.8, 4) is 0 Å². The van der Waals surface area contributed by atoms with Gasteiger partial charge in [-0.2, -0.15) is 0 Å². The van der Waals surface area contributed by atoms with Gasteiger partial charge in [-0.1, -0.05) is 11.9 Å². The van der Waals surface area contributed by atoms with E-state index in [-0.39, 0.29) is 6.23 Å². The lowest BCUT2D eigenvalue weighted by molar-refractivity contribution is 0.127. The van der Waals surface area contributed by atoms with Crippen LogP contribution in [0.4, 0.5) is 0 Å². The summed E-state index contributed by atoms with van der Waals surface area (Å²) in [6.45, 7) is 0. The van der Waals surface area contributed by atoms with Crippen LogP contribution in [-0.4, -0.2) is 19.1 Å². The van der Waals surface area contributed by atoms with Crippen LogP contribution in [-0.2, 0) is 4.74 Å². The second kappa shape index (κ2) is 2.55. The Balaban J connectivity index is 2.14. The van der Waals surface area contributed by atoms with Gasteiger partial charge in [0.05, 0.1) is 0 Å². The van der Waals surface area contributed by atoms with E-state index in [2.05, 4.69) is 11.1 Å². The van der Waals surface area contributed by atoms with Crippen molar-refractivity contribution in [1.29, 1.82) is 0 Å². The van der Waals surface area contributed by atoms with Crippen molar-refractivity contribution in [3.05, 3.63) is 6.42 Å². The first-order chi connectivity index (χ1) is 3.43. The molecule has 0 saturated carbocycles. The molecule has 0 aromatic heterocycles. The first-order valence-corrected chi connectivity index (χ1v) is 3.15. The molecule has 1 heterocycles. The van der Waals surface area contributed by atoms with Gasteiger partial charge in [0.15, 0.2) is 0 Å². The van der Waals surface area contributed by atoms with Gasteiger partial charge in [-0.05, 0) is 0 Å². The van der Waals surface area contributed by atoms with Crippen molar-refractivity contribution in [2.24, 2.45) is 0 Å². The zero-order valence-corrected chi connectivity index (χ0v) is 4.99. The maximum atomic E-state index is 4.92. The van der Waals surface area contributed by atoms with Crippen molar-refractivity contribution < 1.29 is 4.74 Å². The molecular formula is C4H8NOS. The maximum absolute atomic E-state index is 4.92. The van der Waals surface area contributed by atoms with Gasteiger partial charge in [0, 0.05) is 19.3 Å². The standard InChI is InChI=1S/C4H8NOS/c1-6-4-2-3-7-5-4/h2,4-5H,3H2,1H3. The molecule has 1 N–H and O–H groups in total. The molecule has 1 saturated heterocycles. The van der Waals surface area contributed by atoms with Crippen molar-refractivity contribution in [2.45, 2.75) is 6.23 Å². The molecule has 1 aliphatic rings. The first-order valence-electron chi connectivity index (χ1n) is 2.17. The Kier molecular flexibility index (Phi) is 1.97. The van der Waals surface area contributed by atoms with Gasteiger partial charge >= 0.3 is 0 Å². The highest BCUT2D eigenvalue weighted by Gasteiger charge is 2.12. The summed E-state index contributed by atoms with van der Waals surface area (Å²) in [5.74, 6) is 1.05. The van der Waals surface area contributed by atoms with E-state index in [0.29, 0.717) is 0 Å². The highest BCUT2D eigenvalue weighted by atomic mass is 32.2. The third kappa shape index (κ3) is 1.33. The van der Waals surface area contributed by atoms with E-state index in [1.54, 1.807) is 19.1 Å². The van der Waals surface area contributed by atoms with E-state index >= 15 is 0 Å². The zero-order valence-electron chi connectivity index (χ0n) is 4.18. The quantitative estimate of drug-likeness (QED) is 0.504. The first kappa shape index (κ1) is 5.41. The predicted octanol–water partition coefficient (Wildman–Crippen LogP) is 0.415. The van der Waals surface area contributed by atoms with E-state index in [0.717, 1.165) is 5.75 Å². The molecule has 1 atom stereocenters. The number of nitrogens with one attached hydrogen (secondary N) is 1. The minimum absolute atomic E-state index is 0.185. The van der Waals surface area contributed by atoms with Gasteiger partial charge in [-0.3, -0.25) is 0 Å². The minimum Gasteiger partial charge on any atom is -0.365 e. The average Bonchev–Trinajstić information content (AvgIpc) is 2.14. The zero-order chi connectivity index (χ0) is 5.11. The van der Waals surface area contributed by atoms with Gasteiger partial charge in [0.25, 0.3) is 0 Å². The summed E-state index contributed by atoms with van der Waals surface area (Å²) in [7, 11) is 1.69. The number of rotatable bonds is 1. The van der Waals surface area contributed by atoms with Crippen molar-refractivity contribution in [2.75, 3.05) is 12.9 Å². The Morgan fingerprint density at radius 2 is 2.86 bits per heavy atom. The van der Waals surface area contributed by atoms with Gasteiger partial charge in [-0.25, -0.2) is 4.72 Å². The molecule has 7 heavy (non-hydrogen) atoms. The van der Waals surface area contributed by atoms with Crippen molar-refractivity contribution >= 4 is 11.9 Å². The lowest BCUT2D eigenvalue weighted by Crippen LogP contribution is -2.18. The SMILES string of the molecule is COC1[CH]CSN1. The highest BCUT2D eigenvalue weighted by Crippen LogP contribution is 2.10. The third-order valence-corrected chi connectivity index (χ3v) is 1.61. The molecule has 0 spiro atoms. The Bertz CT molecular complexity index is 53.7. The molecule has 3 heteroatoms. The molecule has 0 amide bonds. The van der Waals surface area contributed by atoms with Gasteiger partial charge in [0.1, 0.15) is 6.23 Å². The number of hydrogen-bond donors (Lipinski definition) is 1. The molecule has 0 aromatic rings. The van der Waals surface area contributed by atoms with Crippen molar-refractivity contribution in [3.63, 3.8) is 0 Å². The Morgan fingerprint density at radius 3 is 3.14 bits per heavy atom. The summed E-state index contributed by atoms with van der Waals surface area (Å²) in [5, 5.41) is 0. The fraction of sp³-hybridized carbons (Fsp3) is 0.750. The van der Waals surface area contributed by atoms with Gasteiger partial charge < -0.3 is 4.74 Å². The molecule has 1 rings (SSSR count). The Labute approximate surface area is 47.8 Å². The molecule has 1 unspecified atom stereocenters. The summed E-state index contributed by atoms with van der Waals surface area (Å²) in [4.78, 5) is 0. The van der Waals surface area contributed by atoms with Crippen LogP contribution in [0.1, 0.15) is 0 Å². The molecule has 1 radical (unpaired) electrons. The number of ether oxygens (including phenoxy) is 1. The number of methoxy groups -OCH3 is 1. The van der Waals surface area contributed by atoms with E-state index < -0.39 is 0 Å². The minimum atomic E-state index is 0.185. The fourth-order valence-corrected chi connectivity index (χ4v) is 1.18. The molecule has 0 bridgehead atoms. The lowest BCUT2D eigenvalue weighted by Gasteiger charge is -2.02. The van der Waals surface area contributed by atoms with Crippen LogP contribution in [0.5, 0.6) is 0 Å². The normalized spacial score (nSPS) is 31.3. The summed E-state index contributed by atoms with van der Waals surface area (Å²) < 4.78 is 7.97. The molecule has 0 aliphatic carbocycles. The summed E-state index contributed by atoms with van der Waals surface area (Å²) >= 11 is 1.68. The Hall–Kier alpha value is 0.270. The highest BCUT2D eigenvalue weighted by molar-refractivity contribution is 7.97. The summed E-state index contributed by atoms with van der Waals surface area (Å²) in [5.41, 5.74) is 0. The van der Waals surface area contributed by atoms with Crippen LogP contribution in [0, 0.1) is 6.42 Å². The van der Waals surface area contributed by atoms with E-state index in [1.807, 2.05) is 0 Å². The smallest absolute Gasteiger partial charge is 0.120 e. The van der Waals surface area contributed by atoms with Crippen LogP contribution >= 0.6 is 11.9 Å².